The van der Waals surface area contributed by atoms with E-state index in [1.165, 1.54) is 28.0 Å². The maximum Gasteiger partial charge on any atom is 0.416 e. The molecular formula is C33H30F3O3S+. The number of halogens is 3. The third kappa shape index (κ3) is 6.59. The number of rotatable bonds is 9. The van der Waals surface area contributed by atoms with Crippen LogP contribution in [0.15, 0.2) is 124 Å². The molecule has 4 aromatic rings. The summed E-state index contributed by atoms with van der Waals surface area (Å²) in [5.41, 5.74) is 0.0180. The Morgan fingerprint density at radius 1 is 0.800 bits per heavy atom. The summed E-state index contributed by atoms with van der Waals surface area (Å²) in [6, 6.07) is 29.2. The van der Waals surface area contributed by atoms with E-state index in [4.69, 9.17) is 9.47 Å². The van der Waals surface area contributed by atoms with Crippen molar-refractivity contribution in [1.29, 1.82) is 0 Å². The lowest BCUT2D eigenvalue weighted by molar-refractivity contribution is -0.157. The second-order valence-corrected chi connectivity index (χ2v) is 11.5. The van der Waals surface area contributed by atoms with Crippen molar-refractivity contribution >= 4 is 16.9 Å². The first kappa shape index (κ1) is 29.0. The van der Waals surface area contributed by atoms with E-state index < -0.39 is 23.3 Å². The third-order valence-corrected chi connectivity index (χ3v) is 8.66. The van der Waals surface area contributed by atoms with Crippen LogP contribution in [0.4, 0.5) is 13.2 Å². The maximum atomic E-state index is 13.0. The maximum absolute atomic E-state index is 13.0. The first-order chi connectivity index (χ1) is 19.0. The quantitative estimate of drug-likeness (QED) is 0.116. The summed E-state index contributed by atoms with van der Waals surface area (Å²) in [6.45, 7) is 8.79. The third-order valence-electron chi connectivity index (χ3n) is 6.46. The van der Waals surface area contributed by atoms with E-state index in [2.05, 4.69) is 43.0 Å². The normalized spacial score (nSPS) is 13.0. The summed E-state index contributed by atoms with van der Waals surface area (Å²) in [6.07, 6.45) is -3.07. The van der Waals surface area contributed by atoms with E-state index in [1.807, 2.05) is 50.2 Å². The number of esters is 1. The van der Waals surface area contributed by atoms with E-state index in [9.17, 15) is 18.0 Å². The van der Waals surface area contributed by atoms with Crippen LogP contribution in [0, 0.1) is 13.8 Å². The highest BCUT2D eigenvalue weighted by atomic mass is 32.2. The number of benzene rings is 4. The molecule has 0 radical (unpaired) electrons. The van der Waals surface area contributed by atoms with Crippen LogP contribution in [0.5, 0.6) is 5.75 Å². The molecule has 1 atom stereocenters. The first-order valence-corrected chi connectivity index (χ1v) is 13.9. The van der Waals surface area contributed by atoms with Crippen LogP contribution in [0.2, 0.25) is 0 Å². The Morgan fingerprint density at radius 3 is 1.73 bits per heavy atom. The molecule has 0 amide bonds. The fraction of sp³-hybridized carbons (Fsp3) is 0.182. The van der Waals surface area contributed by atoms with Gasteiger partial charge in [0, 0.05) is 12.1 Å². The van der Waals surface area contributed by atoms with Crippen molar-refractivity contribution in [3.63, 3.8) is 0 Å². The van der Waals surface area contributed by atoms with Gasteiger partial charge < -0.3 is 9.47 Å². The van der Waals surface area contributed by atoms with Gasteiger partial charge in [-0.3, -0.25) is 0 Å². The number of ether oxygens (including phenoxy) is 2. The van der Waals surface area contributed by atoms with Crippen LogP contribution in [0.3, 0.4) is 0 Å². The average Bonchev–Trinajstić information content (AvgIpc) is 2.93. The summed E-state index contributed by atoms with van der Waals surface area (Å²) < 4.78 is 50.4. The highest BCUT2D eigenvalue weighted by Gasteiger charge is 2.33. The minimum Gasteiger partial charge on any atom is -0.481 e. The molecule has 0 aromatic heterocycles. The SMILES string of the molecule is C=CC(C)(OC(=O)COc1c(C)cc([S+](c2ccccc2)c2ccccc2)cc1C)c1ccc(C(F)(F)F)cc1. The Balaban J connectivity index is 1.52. The lowest BCUT2D eigenvalue weighted by atomic mass is 9.95. The zero-order valence-electron chi connectivity index (χ0n) is 22.5. The molecule has 3 nitrogen and oxygen atoms in total. The van der Waals surface area contributed by atoms with Crippen LogP contribution in [-0.2, 0) is 32.2 Å². The van der Waals surface area contributed by atoms with Gasteiger partial charge in [0.05, 0.1) is 16.5 Å². The molecule has 0 aliphatic heterocycles. The van der Waals surface area contributed by atoms with E-state index in [0.29, 0.717) is 11.3 Å². The minimum atomic E-state index is -4.46. The van der Waals surface area contributed by atoms with E-state index in [1.54, 1.807) is 6.92 Å². The minimum absolute atomic E-state index is 0.328. The number of carbonyl (C=O) groups is 1. The van der Waals surface area contributed by atoms with Crippen molar-refractivity contribution in [1.82, 2.24) is 0 Å². The molecule has 4 aromatic carbocycles. The van der Waals surface area contributed by atoms with E-state index in [0.717, 1.165) is 28.2 Å². The molecule has 0 spiro atoms. The topological polar surface area (TPSA) is 35.5 Å². The van der Waals surface area contributed by atoms with Gasteiger partial charge in [-0.15, -0.1) is 0 Å². The second kappa shape index (κ2) is 12.0. The Labute approximate surface area is 235 Å². The molecule has 0 fully saturated rings. The van der Waals surface area contributed by atoms with Crippen molar-refractivity contribution in [2.75, 3.05) is 6.61 Å². The average molecular weight is 564 g/mol. The Morgan fingerprint density at radius 2 is 1.27 bits per heavy atom. The zero-order valence-corrected chi connectivity index (χ0v) is 23.3. The van der Waals surface area contributed by atoms with Crippen LogP contribution >= 0.6 is 0 Å². The number of hydrogen-bond donors (Lipinski definition) is 0. The summed E-state index contributed by atoms with van der Waals surface area (Å²) in [4.78, 5) is 16.3. The smallest absolute Gasteiger partial charge is 0.416 e. The summed E-state index contributed by atoms with van der Waals surface area (Å²) >= 11 is 0. The molecule has 0 bridgehead atoms. The van der Waals surface area contributed by atoms with Crippen molar-refractivity contribution in [2.24, 2.45) is 0 Å². The molecule has 0 saturated carbocycles. The van der Waals surface area contributed by atoms with E-state index in [-0.39, 0.29) is 17.5 Å². The lowest BCUT2D eigenvalue weighted by Crippen LogP contribution is -2.29. The van der Waals surface area contributed by atoms with Gasteiger partial charge in [-0.05, 0) is 79.9 Å². The molecule has 0 saturated heterocycles. The molecule has 206 valence electrons. The predicted molar refractivity (Wildman–Crippen MR) is 152 cm³/mol. The fourth-order valence-corrected chi connectivity index (χ4v) is 6.65. The van der Waals surface area contributed by atoms with E-state index >= 15 is 0 Å². The second-order valence-electron chi connectivity index (χ2n) is 9.47. The van der Waals surface area contributed by atoms with Gasteiger partial charge in [0.15, 0.2) is 26.9 Å². The summed E-state index contributed by atoms with van der Waals surface area (Å²) in [5, 5.41) is 0. The fourth-order valence-electron chi connectivity index (χ4n) is 4.38. The Bertz CT molecular complexity index is 1410. The lowest BCUT2D eigenvalue weighted by Gasteiger charge is -2.27. The number of hydrogen-bond acceptors (Lipinski definition) is 3. The zero-order chi connectivity index (χ0) is 28.9. The molecule has 1 unspecified atom stereocenters. The molecule has 0 aliphatic carbocycles. The van der Waals surface area contributed by atoms with Crippen LogP contribution in [-0.4, -0.2) is 12.6 Å². The monoisotopic (exact) mass is 563 g/mol. The highest BCUT2D eigenvalue weighted by Crippen LogP contribution is 2.36. The van der Waals surface area contributed by atoms with Gasteiger partial charge in [0.25, 0.3) is 0 Å². The molecule has 0 aliphatic rings. The largest absolute Gasteiger partial charge is 0.481 e. The van der Waals surface area contributed by atoms with Gasteiger partial charge >= 0.3 is 12.1 Å². The number of carbonyl (C=O) groups excluding carboxylic acids is 1. The summed E-state index contributed by atoms with van der Waals surface area (Å²) in [5.74, 6) is -0.0845. The van der Waals surface area contributed by atoms with Crippen molar-refractivity contribution in [3.8, 4) is 5.75 Å². The molecule has 0 heterocycles. The first-order valence-electron chi connectivity index (χ1n) is 12.6. The number of alkyl halides is 3. The molecule has 40 heavy (non-hydrogen) atoms. The van der Waals surface area contributed by atoms with Crippen LogP contribution in [0.1, 0.15) is 29.2 Å². The van der Waals surface area contributed by atoms with Gasteiger partial charge in [0.2, 0.25) is 0 Å². The van der Waals surface area contributed by atoms with Gasteiger partial charge in [-0.2, -0.15) is 13.2 Å². The highest BCUT2D eigenvalue weighted by molar-refractivity contribution is 7.97. The van der Waals surface area contributed by atoms with Crippen molar-refractivity contribution in [3.05, 3.63) is 132 Å². The number of aryl methyl sites for hydroxylation is 2. The van der Waals surface area contributed by atoms with Gasteiger partial charge in [-0.1, -0.05) is 55.1 Å². The molecule has 0 N–H and O–H groups in total. The summed E-state index contributed by atoms with van der Waals surface area (Å²) in [7, 11) is -0.328. The van der Waals surface area contributed by atoms with Gasteiger partial charge in [0.1, 0.15) is 5.75 Å². The Kier molecular flexibility index (Phi) is 8.74. The molecule has 4 rings (SSSR count). The standard InChI is InChI=1S/C33H30F3O3S/c1-5-32(4,25-16-18-26(19-17-25)33(34,35)36)39-30(37)22-38-31-23(2)20-29(21-24(31)3)40(27-12-8-6-9-13-27)28-14-10-7-11-15-28/h5-21H,1,22H2,2-4H3/q+1. The van der Waals surface area contributed by atoms with Crippen LogP contribution < -0.4 is 4.74 Å². The predicted octanol–water partition coefficient (Wildman–Crippen LogP) is 8.44. The molecule has 7 heteroatoms. The van der Waals surface area contributed by atoms with Gasteiger partial charge in [-0.25, -0.2) is 4.79 Å². The van der Waals surface area contributed by atoms with Crippen LogP contribution in [0.25, 0.3) is 0 Å². The van der Waals surface area contributed by atoms with Crippen molar-refractivity contribution < 1.29 is 27.4 Å². The Hall–Kier alpha value is -3.97. The molecular weight excluding hydrogens is 533 g/mol. The van der Waals surface area contributed by atoms with Crippen molar-refractivity contribution in [2.45, 2.75) is 47.2 Å².